The van der Waals surface area contributed by atoms with Gasteiger partial charge in [0.05, 0.1) is 11.8 Å². The minimum atomic E-state index is 0. The summed E-state index contributed by atoms with van der Waals surface area (Å²) in [6.45, 7) is 3.31. The van der Waals surface area contributed by atoms with Crippen molar-refractivity contribution in [2.75, 3.05) is 13.1 Å². The van der Waals surface area contributed by atoms with Gasteiger partial charge in [-0.15, -0.1) is 12.4 Å². The van der Waals surface area contributed by atoms with E-state index < -0.39 is 0 Å². The Morgan fingerprint density at radius 2 is 2.44 bits per heavy atom. The van der Waals surface area contributed by atoms with Gasteiger partial charge in [-0.3, -0.25) is 9.89 Å². The fraction of sp³-hybridized carbons (Fsp3) is 0.600. The van der Waals surface area contributed by atoms with Crippen LogP contribution < -0.4 is 5.73 Å². The molecule has 1 saturated heterocycles. The summed E-state index contributed by atoms with van der Waals surface area (Å²) >= 11 is 0. The quantitative estimate of drug-likeness (QED) is 0.764. The van der Waals surface area contributed by atoms with Gasteiger partial charge in [0, 0.05) is 24.8 Å². The molecule has 1 aromatic heterocycles. The molecule has 3 N–H and O–H groups in total. The van der Waals surface area contributed by atoms with E-state index in [0.717, 1.165) is 25.1 Å². The van der Waals surface area contributed by atoms with Gasteiger partial charge in [-0.2, -0.15) is 5.10 Å². The van der Waals surface area contributed by atoms with E-state index in [0.29, 0.717) is 12.1 Å². The molecular formula is C10H17ClN4O. The highest BCUT2D eigenvalue weighted by Crippen LogP contribution is 2.13. The minimum Gasteiger partial charge on any atom is -0.337 e. The van der Waals surface area contributed by atoms with Gasteiger partial charge in [0.25, 0.3) is 5.91 Å². The Hall–Kier alpha value is -1.07. The van der Waals surface area contributed by atoms with E-state index in [1.165, 1.54) is 0 Å². The number of carbonyl (C=O) groups is 1. The molecule has 2 heterocycles. The van der Waals surface area contributed by atoms with Crippen LogP contribution in [-0.4, -0.2) is 40.1 Å². The maximum atomic E-state index is 12.0. The number of hydrogen-bond acceptors (Lipinski definition) is 3. The van der Waals surface area contributed by atoms with Gasteiger partial charge in [-0.05, 0) is 19.8 Å². The van der Waals surface area contributed by atoms with Crippen molar-refractivity contribution in [3.63, 3.8) is 0 Å². The second-order valence-electron chi connectivity index (χ2n) is 4.06. The first kappa shape index (κ1) is 13.0. The number of amides is 1. The van der Waals surface area contributed by atoms with Gasteiger partial charge < -0.3 is 10.6 Å². The maximum Gasteiger partial charge on any atom is 0.257 e. The van der Waals surface area contributed by atoms with Crippen molar-refractivity contribution in [2.45, 2.75) is 25.8 Å². The number of piperidine rings is 1. The molecule has 1 aliphatic heterocycles. The second-order valence-corrected chi connectivity index (χ2v) is 4.06. The fourth-order valence-electron chi connectivity index (χ4n) is 1.93. The van der Waals surface area contributed by atoms with Gasteiger partial charge >= 0.3 is 0 Å². The zero-order valence-electron chi connectivity index (χ0n) is 9.27. The molecule has 0 spiro atoms. The Kier molecular flexibility index (Phi) is 4.32. The van der Waals surface area contributed by atoms with E-state index in [2.05, 4.69) is 10.2 Å². The van der Waals surface area contributed by atoms with E-state index in [-0.39, 0.29) is 24.4 Å². The zero-order valence-corrected chi connectivity index (χ0v) is 10.1. The van der Waals surface area contributed by atoms with Crippen molar-refractivity contribution in [2.24, 2.45) is 5.73 Å². The Morgan fingerprint density at radius 1 is 1.69 bits per heavy atom. The van der Waals surface area contributed by atoms with Crippen LogP contribution in [0, 0.1) is 6.92 Å². The van der Waals surface area contributed by atoms with Gasteiger partial charge in [0.1, 0.15) is 0 Å². The SMILES string of the molecule is Cc1[nH]ncc1C(=O)N1CCC[C@@H](N)C1.Cl. The number of aryl methyl sites for hydroxylation is 1. The van der Waals surface area contributed by atoms with Crippen molar-refractivity contribution < 1.29 is 4.79 Å². The Morgan fingerprint density at radius 3 is 3.00 bits per heavy atom. The maximum absolute atomic E-state index is 12.0. The number of H-pyrrole nitrogens is 1. The number of nitrogens with two attached hydrogens (primary N) is 1. The number of likely N-dealkylation sites (tertiary alicyclic amines) is 1. The molecule has 1 aromatic rings. The number of aromatic nitrogens is 2. The molecule has 0 aliphatic carbocycles. The Bertz CT molecular complexity index is 365. The molecule has 1 atom stereocenters. The highest BCUT2D eigenvalue weighted by Gasteiger charge is 2.23. The fourth-order valence-corrected chi connectivity index (χ4v) is 1.93. The monoisotopic (exact) mass is 244 g/mol. The highest BCUT2D eigenvalue weighted by atomic mass is 35.5. The second kappa shape index (κ2) is 5.32. The molecule has 2 rings (SSSR count). The van der Waals surface area contributed by atoms with Crippen molar-refractivity contribution in [3.8, 4) is 0 Å². The largest absolute Gasteiger partial charge is 0.337 e. The topological polar surface area (TPSA) is 75.0 Å². The first-order valence-electron chi connectivity index (χ1n) is 5.23. The molecule has 1 aliphatic rings. The minimum absolute atomic E-state index is 0. The third-order valence-electron chi connectivity index (χ3n) is 2.81. The van der Waals surface area contributed by atoms with Crippen LogP contribution in [0.3, 0.4) is 0 Å². The van der Waals surface area contributed by atoms with Crippen molar-refractivity contribution in [3.05, 3.63) is 17.5 Å². The Balaban J connectivity index is 0.00000128. The standard InChI is InChI=1S/C10H16N4O.ClH/c1-7-9(5-12-13-7)10(15)14-4-2-3-8(11)6-14;/h5,8H,2-4,6,11H2,1H3,(H,12,13);1H/t8-;/m1./s1. The molecule has 6 heteroatoms. The first-order chi connectivity index (χ1) is 7.18. The summed E-state index contributed by atoms with van der Waals surface area (Å²) in [6, 6.07) is 0.120. The van der Waals surface area contributed by atoms with Crippen LogP contribution in [0.25, 0.3) is 0 Å². The van der Waals surface area contributed by atoms with Crippen molar-refractivity contribution in [1.29, 1.82) is 0 Å². The van der Waals surface area contributed by atoms with Crippen molar-refractivity contribution >= 4 is 18.3 Å². The molecule has 1 fully saturated rings. The average molecular weight is 245 g/mol. The lowest BCUT2D eigenvalue weighted by Crippen LogP contribution is -2.45. The van der Waals surface area contributed by atoms with E-state index >= 15 is 0 Å². The molecule has 0 unspecified atom stereocenters. The lowest BCUT2D eigenvalue weighted by molar-refractivity contribution is 0.0708. The van der Waals surface area contributed by atoms with E-state index in [9.17, 15) is 4.79 Å². The van der Waals surface area contributed by atoms with Gasteiger partial charge in [-0.25, -0.2) is 0 Å². The number of aromatic amines is 1. The van der Waals surface area contributed by atoms with E-state index in [1.54, 1.807) is 6.20 Å². The van der Waals surface area contributed by atoms with Crippen LogP contribution in [0.1, 0.15) is 28.9 Å². The summed E-state index contributed by atoms with van der Waals surface area (Å²) in [5.74, 6) is 0.0383. The molecule has 90 valence electrons. The van der Waals surface area contributed by atoms with Crippen LogP contribution in [0.4, 0.5) is 0 Å². The van der Waals surface area contributed by atoms with Crippen LogP contribution in [0.15, 0.2) is 6.20 Å². The smallest absolute Gasteiger partial charge is 0.257 e. The summed E-state index contributed by atoms with van der Waals surface area (Å²) in [5.41, 5.74) is 7.31. The first-order valence-corrected chi connectivity index (χ1v) is 5.23. The summed E-state index contributed by atoms with van der Waals surface area (Å²) in [6.07, 6.45) is 3.58. The van der Waals surface area contributed by atoms with Crippen LogP contribution in [-0.2, 0) is 0 Å². The lowest BCUT2D eigenvalue weighted by Gasteiger charge is -2.30. The van der Waals surface area contributed by atoms with E-state index in [1.807, 2.05) is 11.8 Å². The summed E-state index contributed by atoms with van der Waals surface area (Å²) < 4.78 is 0. The van der Waals surface area contributed by atoms with Gasteiger partial charge in [0.2, 0.25) is 0 Å². The molecule has 0 bridgehead atoms. The number of nitrogens with one attached hydrogen (secondary N) is 1. The molecule has 1 amide bonds. The predicted molar refractivity (Wildman–Crippen MR) is 63.7 cm³/mol. The summed E-state index contributed by atoms with van der Waals surface area (Å²) in [4.78, 5) is 13.8. The van der Waals surface area contributed by atoms with Crippen LogP contribution >= 0.6 is 12.4 Å². The normalized spacial score (nSPS) is 20.4. The molecule has 0 aromatic carbocycles. The number of hydrogen-bond donors (Lipinski definition) is 2. The lowest BCUT2D eigenvalue weighted by atomic mass is 10.1. The third-order valence-corrected chi connectivity index (χ3v) is 2.81. The zero-order chi connectivity index (χ0) is 10.8. The predicted octanol–water partition coefficient (Wildman–Crippen LogP) is 0.703. The average Bonchev–Trinajstić information content (AvgIpc) is 2.63. The molecule has 0 radical (unpaired) electrons. The number of halogens is 1. The molecular weight excluding hydrogens is 228 g/mol. The van der Waals surface area contributed by atoms with Crippen molar-refractivity contribution in [1.82, 2.24) is 15.1 Å². The summed E-state index contributed by atoms with van der Waals surface area (Å²) in [7, 11) is 0. The van der Waals surface area contributed by atoms with Crippen LogP contribution in [0.2, 0.25) is 0 Å². The summed E-state index contributed by atoms with van der Waals surface area (Å²) in [5, 5.41) is 6.62. The van der Waals surface area contributed by atoms with Gasteiger partial charge in [-0.1, -0.05) is 0 Å². The van der Waals surface area contributed by atoms with Crippen LogP contribution in [0.5, 0.6) is 0 Å². The Labute approximate surface area is 101 Å². The molecule has 16 heavy (non-hydrogen) atoms. The third kappa shape index (κ3) is 2.54. The number of carbonyl (C=O) groups excluding carboxylic acids is 1. The molecule has 5 nitrogen and oxygen atoms in total. The van der Waals surface area contributed by atoms with Gasteiger partial charge in [0.15, 0.2) is 0 Å². The molecule has 0 saturated carbocycles. The highest BCUT2D eigenvalue weighted by molar-refractivity contribution is 5.95. The number of nitrogens with zero attached hydrogens (tertiary/aromatic N) is 2. The van der Waals surface area contributed by atoms with E-state index in [4.69, 9.17) is 5.73 Å². The number of rotatable bonds is 1.